The van der Waals surface area contributed by atoms with E-state index in [4.69, 9.17) is 4.42 Å². The molecule has 2 aliphatic rings. The number of hydrogen-bond acceptors (Lipinski definition) is 2. The van der Waals surface area contributed by atoms with E-state index in [1.54, 1.807) is 0 Å². The molecule has 82 heavy (non-hydrogen) atoms. The van der Waals surface area contributed by atoms with Crippen molar-refractivity contribution in [2.75, 3.05) is 0 Å². The van der Waals surface area contributed by atoms with E-state index in [9.17, 15) is 0 Å². The van der Waals surface area contributed by atoms with Gasteiger partial charge >= 0.3 is 0 Å². The molecule has 15 aromatic rings. The normalized spacial score (nSPS) is 13.1. The minimum Gasteiger partial charge on any atom is -0.456 e. The summed E-state index contributed by atoms with van der Waals surface area (Å²) >= 11 is 1.87. The van der Waals surface area contributed by atoms with Crippen LogP contribution in [0.5, 0.6) is 0 Å². The van der Waals surface area contributed by atoms with Crippen LogP contribution in [0.15, 0.2) is 247 Å². The van der Waals surface area contributed by atoms with Gasteiger partial charge in [0, 0.05) is 58.2 Å². The molecular formula is C79H67NOS. The van der Waals surface area contributed by atoms with Gasteiger partial charge in [-0.2, -0.15) is 0 Å². The zero-order valence-corrected chi connectivity index (χ0v) is 49.2. The van der Waals surface area contributed by atoms with Crippen LogP contribution in [-0.2, 0) is 10.8 Å². The molecule has 3 aromatic heterocycles. The third-order valence-corrected chi connectivity index (χ3v) is 18.3. The molecule has 0 spiro atoms. The largest absolute Gasteiger partial charge is 0.456 e. The van der Waals surface area contributed by atoms with Gasteiger partial charge in [-0.3, -0.25) is 0 Å². The first kappa shape index (κ1) is 52.4. The lowest BCUT2D eigenvalue weighted by Gasteiger charge is -2.22. The second-order valence-electron chi connectivity index (χ2n) is 23.6. The highest BCUT2D eigenvalue weighted by atomic mass is 32.1. The van der Waals surface area contributed by atoms with Crippen molar-refractivity contribution < 1.29 is 4.42 Å². The summed E-state index contributed by atoms with van der Waals surface area (Å²) in [5.74, 6) is 0. The van der Waals surface area contributed by atoms with E-state index < -0.39 is 0 Å². The standard InChI is InChI=1S/C19H15N.C18H16.C16H16.C13H10O.C13H10S/c1-14-10-12-15(13-11-14)20-18-8-4-2-6-16(18)17-7-3-5-9-19(17)20;1-11-9-13-8-7-12-5-4-6-14-16(12)17(13)15(10-11)18(14,2)3;1-11-8-9-13-12-6-4-5-7-14(12)16(2,3)15(13)10-11;1-9-6-7-11-10-4-2-3-5-12(10)14-13(11)8-9;1-9-6-7-13-11(8-9)10-4-2-3-5-12(10)14-13/h2-13H,1H3;4-10H,1-3H3;4-10H,1-3H3;2*2-8H,1H3. The monoisotopic (exact) mass is 1080 g/mol. The highest BCUT2D eigenvalue weighted by Gasteiger charge is 2.35. The average Bonchev–Trinajstić information content (AvgIpc) is 3.73. The summed E-state index contributed by atoms with van der Waals surface area (Å²) in [6.45, 7) is 20.0. The minimum absolute atomic E-state index is 0.132. The lowest BCUT2D eigenvalue weighted by atomic mass is 9.81. The van der Waals surface area contributed by atoms with Crippen LogP contribution < -0.4 is 0 Å². The molecular weight excluding hydrogens is 1010 g/mol. The van der Waals surface area contributed by atoms with Gasteiger partial charge in [0.1, 0.15) is 11.2 Å². The minimum atomic E-state index is 0.132. The number of nitrogens with zero attached hydrogens (tertiary/aromatic N) is 1. The summed E-state index contributed by atoms with van der Waals surface area (Å²) in [6.07, 6.45) is 0. The SMILES string of the molecule is Cc1cc2c3c(ccc4cccc(c43)C2(C)C)c1.Cc1ccc(-n2c3ccccc3c3ccccc32)cc1.Cc1ccc2c(c1)C(C)(C)c1ccccc1-2.Cc1ccc2c(c1)oc1ccccc12.Cc1ccc2sc3ccccc3c2c1. The summed E-state index contributed by atoms with van der Waals surface area (Å²) in [5.41, 5.74) is 21.2. The summed E-state index contributed by atoms with van der Waals surface area (Å²) in [6, 6.07) is 87.1. The highest BCUT2D eigenvalue weighted by Crippen LogP contribution is 2.50. The lowest BCUT2D eigenvalue weighted by Crippen LogP contribution is -2.15. The Morgan fingerprint density at radius 1 is 0.317 bits per heavy atom. The van der Waals surface area contributed by atoms with Crippen LogP contribution in [0.4, 0.5) is 0 Å². The molecule has 0 atom stereocenters. The number of hydrogen-bond donors (Lipinski definition) is 0. The first-order chi connectivity index (χ1) is 39.7. The van der Waals surface area contributed by atoms with Gasteiger partial charge in [-0.25, -0.2) is 0 Å². The van der Waals surface area contributed by atoms with E-state index in [-0.39, 0.29) is 10.8 Å². The Kier molecular flexibility index (Phi) is 13.3. The van der Waals surface area contributed by atoms with Gasteiger partial charge < -0.3 is 8.98 Å². The first-order valence-corrected chi connectivity index (χ1v) is 29.5. The van der Waals surface area contributed by atoms with Crippen molar-refractivity contribution in [1.82, 2.24) is 4.57 Å². The zero-order chi connectivity index (χ0) is 56.4. The Balaban J connectivity index is 0.0000000968. The van der Waals surface area contributed by atoms with Gasteiger partial charge in [0.05, 0.1) is 11.0 Å². The predicted octanol–water partition coefficient (Wildman–Crippen LogP) is 22.6. The maximum Gasteiger partial charge on any atom is 0.135 e. The van der Waals surface area contributed by atoms with Crippen molar-refractivity contribution in [2.24, 2.45) is 0 Å². The summed E-state index contributed by atoms with van der Waals surface area (Å²) in [7, 11) is 0. The molecule has 12 aromatic carbocycles. The molecule has 2 nitrogen and oxygen atoms in total. The van der Waals surface area contributed by atoms with E-state index in [0.717, 1.165) is 11.2 Å². The fourth-order valence-electron chi connectivity index (χ4n) is 12.9. The Labute approximate surface area is 485 Å². The van der Waals surface area contributed by atoms with Crippen molar-refractivity contribution in [3.63, 3.8) is 0 Å². The molecule has 0 fully saturated rings. The molecule has 0 aliphatic heterocycles. The third kappa shape index (κ3) is 9.24. The highest BCUT2D eigenvalue weighted by molar-refractivity contribution is 7.25. The number of fused-ring (bicyclic) bond motifs is 12. The van der Waals surface area contributed by atoms with Crippen LogP contribution in [0.3, 0.4) is 0 Å². The lowest BCUT2D eigenvalue weighted by molar-refractivity contribution is 0.660. The van der Waals surface area contributed by atoms with Crippen molar-refractivity contribution in [3.8, 4) is 16.8 Å². The second kappa shape index (κ2) is 20.8. The molecule has 400 valence electrons. The molecule has 3 heteroatoms. The summed E-state index contributed by atoms with van der Waals surface area (Å²) in [5, 5.41) is 13.5. The topological polar surface area (TPSA) is 18.1 Å². The van der Waals surface area contributed by atoms with Crippen LogP contribution in [-0.4, -0.2) is 4.57 Å². The van der Waals surface area contributed by atoms with Gasteiger partial charge in [-0.15, -0.1) is 11.3 Å². The van der Waals surface area contributed by atoms with Crippen molar-refractivity contribution in [2.45, 2.75) is 73.1 Å². The van der Waals surface area contributed by atoms with Gasteiger partial charge in [0.15, 0.2) is 0 Å². The van der Waals surface area contributed by atoms with Gasteiger partial charge in [0.2, 0.25) is 0 Å². The Hall–Kier alpha value is -9.02. The summed E-state index contributed by atoms with van der Waals surface area (Å²) < 4.78 is 10.8. The maximum atomic E-state index is 5.73. The van der Waals surface area contributed by atoms with Gasteiger partial charge in [0.25, 0.3) is 0 Å². The van der Waals surface area contributed by atoms with Crippen molar-refractivity contribution >= 4 is 96.8 Å². The predicted molar refractivity (Wildman–Crippen MR) is 355 cm³/mol. The molecule has 3 heterocycles. The molecule has 0 bridgehead atoms. The number of para-hydroxylation sites is 3. The number of thiophene rings is 1. The Morgan fingerprint density at radius 2 is 0.841 bits per heavy atom. The fourth-order valence-corrected chi connectivity index (χ4v) is 14.0. The molecule has 0 unspecified atom stereocenters. The molecule has 0 radical (unpaired) electrons. The van der Waals surface area contributed by atoms with Gasteiger partial charge in [-0.05, 0) is 150 Å². The van der Waals surface area contributed by atoms with E-state index in [0.29, 0.717) is 0 Å². The molecule has 0 saturated carbocycles. The molecule has 0 N–H and O–H groups in total. The molecule has 2 aliphatic carbocycles. The van der Waals surface area contributed by atoms with Gasteiger partial charge in [-0.1, -0.05) is 238 Å². The van der Waals surface area contributed by atoms with Crippen LogP contribution in [0, 0.1) is 34.6 Å². The number of benzene rings is 12. The number of rotatable bonds is 1. The van der Waals surface area contributed by atoms with Crippen LogP contribution >= 0.6 is 11.3 Å². The molecule has 0 saturated heterocycles. The number of aromatic nitrogens is 1. The van der Waals surface area contributed by atoms with E-state index >= 15 is 0 Å². The number of furan rings is 1. The Morgan fingerprint density at radius 3 is 1.61 bits per heavy atom. The smallest absolute Gasteiger partial charge is 0.135 e. The average molecular weight is 1080 g/mol. The Bertz CT molecular complexity index is 4860. The fraction of sp³-hybridized carbons (Fsp3) is 0.139. The van der Waals surface area contributed by atoms with Crippen molar-refractivity contribution in [3.05, 3.63) is 293 Å². The first-order valence-electron chi connectivity index (χ1n) is 28.7. The molecule has 0 amide bonds. The zero-order valence-electron chi connectivity index (χ0n) is 48.4. The van der Waals surface area contributed by atoms with Crippen LogP contribution in [0.1, 0.15) is 77.8 Å². The van der Waals surface area contributed by atoms with Crippen LogP contribution in [0.2, 0.25) is 0 Å². The molecule has 17 rings (SSSR count). The van der Waals surface area contributed by atoms with E-state index in [1.165, 1.54) is 141 Å². The quantitative estimate of drug-likeness (QED) is 0.150. The van der Waals surface area contributed by atoms with E-state index in [2.05, 4.69) is 291 Å². The summed E-state index contributed by atoms with van der Waals surface area (Å²) in [4.78, 5) is 0. The van der Waals surface area contributed by atoms with E-state index in [1.807, 2.05) is 29.5 Å². The van der Waals surface area contributed by atoms with Crippen molar-refractivity contribution in [1.29, 1.82) is 0 Å². The maximum absolute atomic E-state index is 5.73. The number of aryl methyl sites for hydroxylation is 5. The second-order valence-corrected chi connectivity index (χ2v) is 24.7. The van der Waals surface area contributed by atoms with Crippen LogP contribution in [0.25, 0.3) is 102 Å². The third-order valence-electron chi connectivity index (χ3n) is 17.1.